The van der Waals surface area contributed by atoms with E-state index in [-0.39, 0.29) is 38.6 Å². The number of phosphoric acid groups is 1. The third-order valence-electron chi connectivity index (χ3n) is 14.5. The average molecular weight is 1140 g/mol. The van der Waals surface area contributed by atoms with Crippen LogP contribution in [0.15, 0.2) is 85.1 Å². The van der Waals surface area contributed by atoms with Crippen LogP contribution in [0, 0.1) is 0 Å². The molecule has 0 saturated carbocycles. The van der Waals surface area contributed by atoms with E-state index in [0.717, 1.165) is 83.5 Å². The van der Waals surface area contributed by atoms with Gasteiger partial charge in [0.1, 0.15) is 6.61 Å². The molecule has 2 unspecified atom stereocenters. The lowest BCUT2D eigenvalue weighted by Gasteiger charge is -2.19. The number of nitrogens with two attached hydrogens (primary N) is 1. The van der Waals surface area contributed by atoms with Crippen LogP contribution in [0.3, 0.4) is 0 Å². The van der Waals surface area contributed by atoms with Crippen LogP contribution in [0.2, 0.25) is 0 Å². The van der Waals surface area contributed by atoms with Crippen molar-refractivity contribution in [2.24, 2.45) is 5.73 Å². The van der Waals surface area contributed by atoms with Crippen molar-refractivity contribution in [1.82, 2.24) is 0 Å². The zero-order chi connectivity index (χ0) is 58.0. The summed E-state index contributed by atoms with van der Waals surface area (Å²) in [4.78, 5) is 35.3. The van der Waals surface area contributed by atoms with Gasteiger partial charge >= 0.3 is 19.8 Å². The van der Waals surface area contributed by atoms with Gasteiger partial charge in [-0.15, -0.1) is 0 Å². The molecule has 0 aliphatic carbocycles. The first kappa shape index (κ1) is 77.2. The van der Waals surface area contributed by atoms with Crippen LogP contribution >= 0.6 is 7.82 Å². The van der Waals surface area contributed by atoms with Crippen molar-refractivity contribution in [3.63, 3.8) is 0 Å². The minimum atomic E-state index is -4.39. The summed E-state index contributed by atoms with van der Waals surface area (Å²) in [5.74, 6) is -0.812. The molecule has 0 radical (unpaired) electrons. The average Bonchev–Trinajstić information content (AvgIpc) is 3.45. The highest BCUT2D eigenvalue weighted by atomic mass is 31.2. The molecule has 464 valence electrons. The smallest absolute Gasteiger partial charge is 0.462 e. The number of unbranched alkanes of at least 4 members (excludes halogenated alkanes) is 36. The Morgan fingerprint density at radius 3 is 1.02 bits per heavy atom. The quantitative estimate of drug-likeness (QED) is 0.0264. The number of carbonyl (C=O) groups excluding carboxylic acids is 2. The van der Waals surface area contributed by atoms with E-state index in [2.05, 4.69) is 98.9 Å². The van der Waals surface area contributed by atoms with Crippen molar-refractivity contribution >= 4 is 19.8 Å². The van der Waals surface area contributed by atoms with Crippen LogP contribution in [-0.2, 0) is 32.7 Å². The summed E-state index contributed by atoms with van der Waals surface area (Å²) in [5, 5.41) is 0. The molecule has 80 heavy (non-hydrogen) atoms. The Balaban J connectivity index is 3.81. The van der Waals surface area contributed by atoms with Gasteiger partial charge in [-0.2, -0.15) is 0 Å². The molecule has 0 saturated heterocycles. The maximum Gasteiger partial charge on any atom is 0.472 e. The Morgan fingerprint density at radius 2 is 0.688 bits per heavy atom. The van der Waals surface area contributed by atoms with Crippen molar-refractivity contribution in [2.45, 2.75) is 322 Å². The first-order chi connectivity index (χ1) is 39.3. The molecule has 0 aromatic carbocycles. The number of hydrogen-bond acceptors (Lipinski definition) is 8. The third-order valence-corrected chi connectivity index (χ3v) is 15.5. The molecule has 0 amide bonds. The number of esters is 2. The summed E-state index contributed by atoms with van der Waals surface area (Å²) in [6.45, 7) is 3.68. The van der Waals surface area contributed by atoms with Crippen LogP contribution in [0.1, 0.15) is 316 Å². The van der Waals surface area contributed by atoms with Crippen molar-refractivity contribution in [2.75, 3.05) is 26.4 Å². The topological polar surface area (TPSA) is 134 Å². The Morgan fingerprint density at radius 1 is 0.388 bits per heavy atom. The van der Waals surface area contributed by atoms with Gasteiger partial charge < -0.3 is 20.1 Å². The van der Waals surface area contributed by atoms with E-state index in [9.17, 15) is 19.0 Å². The number of hydrogen-bond donors (Lipinski definition) is 2. The molecule has 0 bridgehead atoms. The first-order valence-electron chi connectivity index (χ1n) is 33.6. The van der Waals surface area contributed by atoms with Gasteiger partial charge in [0.25, 0.3) is 0 Å². The third kappa shape index (κ3) is 64.4. The number of rotatable bonds is 63. The van der Waals surface area contributed by atoms with Gasteiger partial charge in [-0.3, -0.25) is 18.6 Å². The summed E-state index contributed by atoms with van der Waals surface area (Å²) in [6.07, 6.45) is 86.7. The maximum atomic E-state index is 12.7. The molecule has 0 aliphatic rings. The molecule has 0 spiro atoms. The summed E-state index contributed by atoms with van der Waals surface area (Å²) in [5.41, 5.74) is 5.39. The van der Waals surface area contributed by atoms with Crippen molar-refractivity contribution in [3.05, 3.63) is 85.1 Å². The van der Waals surface area contributed by atoms with Crippen LogP contribution in [0.5, 0.6) is 0 Å². The standard InChI is InChI=1S/C70H126NO8P/c1-3-5-7-9-11-13-15-17-19-21-23-24-25-26-27-28-29-30-31-32-33-34-35-36-37-38-39-40-41-42-43-44-45-47-49-51-53-55-57-59-61-63-70(73)79-68(67-78-80(74,75)77-65-64-71)66-76-69(72)62-60-58-56-54-52-50-48-46-22-20-18-16-14-12-10-8-6-4-2/h5,7,11,13,17,19,23-24,26-27,29-30,32-33,68H,3-4,6,8-10,12,14-16,18,20-22,25,28,31,34-67,71H2,1-2H3,(H,74,75)/b7-5-,13-11-,19-17-,24-23-,27-26-,30-29-,33-32-. The van der Waals surface area contributed by atoms with Crippen LogP contribution in [-0.4, -0.2) is 49.3 Å². The van der Waals surface area contributed by atoms with Crippen molar-refractivity contribution in [3.8, 4) is 0 Å². The lowest BCUT2D eigenvalue weighted by atomic mass is 10.0. The van der Waals surface area contributed by atoms with Gasteiger partial charge in [-0.05, 0) is 70.6 Å². The first-order valence-corrected chi connectivity index (χ1v) is 35.1. The molecule has 0 aromatic rings. The van der Waals surface area contributed by atoms with E-state index < -0.39 is 26.5 Å². The van der Waals surface area contributed by atoms with E-state index in [1.165, 1.54) is 199 Å². The van der Waals surface area contributed by atoms with Crippen LogP contribution in [0.4, 0.5) is 0 Å². The number of allylic oxidation sites excluding steroid dienone is 14. The molecule has 3 N–H and O–H groups in total. The fourth-order valence-corrected chi connectivity index (χ4v) is 10.4. The molecular weight excluding hydrogens is 1010 g/mol. The molecular formula is C70H126NO8P. The molecule has 0 aromatic heterocycles. The highest BCUT2D eigenvalue weighted by molar-refractivity contribution is 7.47. The monoisotopic (exact) mass is 1140 g/mol. The Kier molecular flexibility index (Phi) is 63.0. The Labute approximate surface area is 494 Å². The van der Waals surface area contributed by atoms with Crippen molar-refractivity contribution < 1.29 is 37.6 Å². The van der Waals surface area contributed by atoms with E-state index in [1.807, 2.05) is 0 Å². The summed E-state index contributed by atoms with van der Waals surface area (Å²) in [7, 11) is -4.39. The second-order valence-electron chi connectivity index (χ2n) is 22.3. The lowest BCUT2D eigenvalue weighted by Crippen LogP contribution is -2.29. The summed E-state index contributed by atoms with van der Waals surface area (Å²) in [6, 6.07) is 0. The zero-order valence-electron chi connectivity index (χ0n) is 52.1. The maximum absolute atomic E-state index is 12.7. The molecule has 0 heterocycles. The van der Waals surface area contributed by atoms with E-state index >= 15 is 0 Å². The minimum Gasteiger partial charge on any atom is -0.462 e. The highest BCUT2D eigenvalue weighted by Gasteiger charge is 2.26. The second-order valence-corrected chi connectivity index (χ2v) is 23.8. The number of carbonyl (C=O) groups is 2. The Hall–Kier alpha value is -2.81. The van der Waals surface area contributed by atoms with Gasteiger partial charge in [-0.1, -0.05) is 317 Å². The van der Waals surface area contributed by atoms with Crippen LogP contribution < -0.4 is 5.73 Å². The molecule has 0 rings (SSSR count). The summed E-state index contributed by atoms with van der Waals surface area (Å²) < 4.78 is 33.1. The molecule has 2 atom stereocenters. The highest BCUT2D eigenvalue weighted by Crippen LogP contribution is 2.43. The van der Waals surface area contributed by atoms with Crippen molar-refractivity contribution in [1.29, 1.82) is 0 Å². The van der Waals surface area contributed by atoms with E-state index in [4.69, 9.17) is 24.3 Å². The van der Waals surface area contributed by atoms with Gasteiger partial charge in [-0.25, -0.2) is 4.57 Å². The SMILES string of the molecule is CC/C=C\C/C=C\C/C=C\C/C=C\C/C=C\C/C=C\C/C=C\CCCCCCCCCCCCCCCCCCCCCC(=O)OC(COC(=O)CCCCCCCCCCCCCCCCCCCC)COP(=O)(O)OCCN. The predicted octanol–water partition coefficient (Wildman–Crippen LogP) is 21.8. The normalized spacial score (nSPS) is 13.5. The molecule has 0 aliphatic heterocycles. The fraction of sp³-hybridized carbons (Fsp3) is 0.771. The van der Waals surface area contributed by atoms with Gasteiger partial charge in [0.2, 0.25) is 0 Å². The van der Waals surface area contributed by atoms with Gasteiger partial charge in [0.05, 0.1) is 13.2 Å². The number of ether oxygens (including phenoxy) is 2. The van der Waals surface area contributed by atoms with Gasteiger partial charge in [0, 0.05) is 19.4 Å². The van der Waals surface area contributed by atoms with E-state index in [1.54, 1.807) is 0 Å². The van der Waals surface area contributed by atoms with Gasteiger partial charge in [0.15, 0.2) is 6.10 Å². The fourth-order valence-electron chi connectivity index (χ4n) is 9.62. The minimum absolute atomic E-state index is 0.0542. The lowest BCUT2D eigenvalue weighted by molar-refractivity contribution is -0.161. The molecule has 0 fully saturated rings. The predicted molar refractivity (Wildman–Crippen MR) is 344 cm³/mol. The number of phosphoric ester groups is 1. The summed E-state index contributed by atoms with van der Waals surface area (Å²) >= 11 is 0. The Bertz CT molecular complexity index is 1590. The van der Waals surface area contributed by atoms with Crippen LogP contribution in [0.25, 0.3) is 0 Å². The molecule has 10 heteroatoms. The largest absolute Gasteiger partial charge is 0.472 e. The zero-order valence-corrected chi connectivity index (χ0v) is 52.9. The molecule has 9 nitrogen and oxygen atoms in total. The second kappa shape index (κ2) is 65.3. The van der Waals surface area contributed by atoms with E-state index in [0.29, 0.717) is 6.42 Å².